The van der Waals surface area contributed by atoms with E-state index in [9.17, 15) is 0 Å². The fraction of sp³-hybridized carbons (Fsp3) is 0.364. The highest BCUT2D eigenvalue weighted by Crippen LogP contribution is 2.12. The zero-order valence-electron chi connectivity index (χ0n) is 9.20. The molecule has 0 radical (unpaired) electrons. The third-order valence-electron chi connectivity index (χ3n) is 2.16. The number of hydrogen-bond donors (Lipinski definition) is 3. The van der Waals surface area contributed by atoms with Gasteiger partial charge in [-0.2, -0.15) is 0 Å². The fourth-order valence-corrected chi connectivity index (χ4v) is 1.39. The largest absolute Gasteiger partial charge is 0.370 e. The molecule has 0 aliphatic rings. The van der Waals surface area contributed by atoms with Crippen LogP contribution in [0.3, 0.4) is 0 Å². The van der Waals surface area contributed by atoms with Gasteiger partial charge in [0.1, 0.15) is 6.17 Å². The Morgan fingerprint density at radius 3 is 2.73 bits per heavy atom. The zero-order valence-corrected chi connectivity index (χ0v) is 9.20. The first-order chi connectivity index (χ1) is 7.15. The molecule has 0 aromatic heterocycles. The molecule has 4 nitrogen and oxygen atoms in total. The first-order valence-electron chi connectivity index (χ1n) is 5.02. The van der Waals surface area contributed by atoms with Crippen LogP contribution in [0.1, 0.15) is 24.2 Å². The Morgan fingerprint density at radius 1 is 1.47 bits per heavy atom. The Balaban J connectivity index is 2.73. The van der Waals surface area contributed by atoms with Crippen LogP contribution in [0, 0.1) is 6.92 Å². The van der Waals surface area contributed by atoms with Gasteiger partial charge in [0.15, 0.2) is 5.96 Å². The summed E-state index contributed by atoms with van der Waals surface area (Å²) in [6, 6.07) is 7.93. The minimum absolute atomic E-state index is 0.304. The lowest BCUT2D eigenvalue weighted by Crippen LogP contribution is -2.39. The second-order valence-corrected chi connectivity index (χ2v) is 3.34. The normalized spacial score (nSPS) is 13.7. The highest BCUT2D eigenvalue weighted by molar-refractivity contribution is 5.78. The average Bonchev–Trinajstić information content (AvgIpc) is 2.18. The summed E-state index contributed by atoms with van der Waals surface area (Å²) in [5, 5.41) is 2.94. The maximum Gasteiger partial charge on any atom is 0.190 e. The van der Waals surface area contributed by atoms with Gasteiger partial charge in [0, 0.05) is 6.54 Å². The molecule has 0 amide bonds. The SMILES string of the molecule is CCN=C(N)NC(N)c1ccccc1C. The van der Waals surface area contributed by atoms with Crippen molar-refractivity contribution in [2.45, 2.75) is 20.0 Å². The first-order valence-corrected chi connectivity index (χ1v) is 5.02. The standard InChI is InChI=1S/C11H18N4/c1-3-14-11(13)15-10(12)9-7-5-4-6-8(9)2/h4-7,10H,3,12H2,1-2H3,(H3,13,14,15). The van der Waals surface area contributed by atoms with Crippen molar-refractivity contribution in [1.29, 1.82) is 0 Å². The van der Waals surface area contributed by atoms with E-state index in [1.54, 1.807) is 0 Å². The van der Waals surface area contributed by atoms with Crippen LogP contribution in [0.2, 0.25) is 0 Å². The number of rotatable bonds is 3. The molecule has 4 heteroatoms. The Kier molecular flexibility index (Phi) is 4.12. The number of nitrogens with zero attached hydrogens (tertiary/aromatic N) is 1. The number of benzene rings is 1. The summed E-state index contributed by atoms with van der Waals surface area (Å²) >= 11 is 0. The second-order valence-electron chi connectivity index (χ2n) is 3.34. The number of aliphatic imine (C=N–C) groups is 1. The third-order valence-corrected chi connectivity index (χ3v) is 2.16. The van der Waals surface area contributed by atoms with Gasteiger partial charge in [-0.15, -0.1) is 0 Å². The van der Waals surface area contributed by atoms with Crippen molar-refractivity contribution in [3.63, 3.8) is 0 Å². The molecule has 0 aliphatic heterocycles. The molecule has 1 atom stereocenters. The minimum atomic E-state index is -0.304. The predicted molar refractivity (Wildman–Crippen MR) is 63.4 cm³/mol. The molecule has 1 unspecified atom stereocenters. The molecule has 0 spiro atoms. The van der Waals surface area contributed by atoms with Crippen LogP contribution in [0.15, 0.2) is 29.3 Å². The first kappa shape index (κ1) is 11.5. The highest BCUT2D eigenvalue weighted by atomic mass is 15.2. The Hall–Kier alpha value is -1.55. The molecule has 15 heavy (non-hydrogen) atoms. The molecule has 0 bridgehead atoms. The van der Waals surface area contributed by atoms with Crippen molar-refractivity contribution < 1.29 is 0 Å². The maximum absolute atomic E-state index is 5.96. The van der Waals surface area contributed by atoms with Crippen molar-refractivity contribution in [3.05, 3.63) is 35.4 Å². The molecule has 0 saturated carbocycles. The van der Waals surface area contributed by atoms with E-state index >= 15 is 0 Å². The number of aryl methyl sites for hydroxylation is 1. The number of nitrogens with one attached hydrogen (secondary N) is 1. The molecule has 0 fully saturated rings. The van der Waals surface area contributed by atoms with Crippen LogP contribution >= 0.6 is 0 Å². The smallest absolute Gasteiger partial charge is 0.190 e. The van der Waals surface area contributed by atoms with Crippen LogP contribution in [-0.2, 0) is 0 Å². The Labute approximate surface area is 90.4 Å². The van der Waals surface area contributed by atoms with Crippen molar-refractivity contribution in [1.82, 2.24) is 5.32 Å². The van der Waals surface area contributed by atoms with Gasteiger partial charge in [-0.3, -0.25) is 4.99 Å². The average molecular weight is 206 g/mol. The third kappa shape index (κ3) is 3.25. The quantitative estimate of drug-likeness (QED) is 0.390. The van der Waals surface area contributed by atoms with Gasteiger partial charge in [-0.1, -0.05) is 24.3 Å². The Morgan fingerprint density at radius 2 is 2.13 bits per heavy atom. The maximum atomic E-state index is 5.96. The molecule has 1 aromatic carbocycles. The van der Waals surface area contributed by atoms with E-state index in [-0.39, 0.29) is 6.17 Å². The van der Waals surface area contributed by atoms with Crippen molar-refractivity contribution in [2.24, 2.45) is 16.5 Å². The lowest BCUT2D eigenvalue weighted by molar-refractivity contribution is 0.670. The van der Waals surface area contributed by atoms with Gasteiger partial charge in [-0.25, -0.2) is 0 Å². The van der Waals surface area contributed by atoms with E-state index in [2.05, 4.69) is 10.3 Å². The topological polar surface area (TPSA) is 76.4 Å². The molecular formula is C11H18N4. The van der Waals surface area contributed by atoms with Crippen molar-refractivity contribution in [3.8, 4) is 0 Å². The summed E-state index contributed by atoms with van der Waals surface area (Å²) < 4.78 is 0. The summed E-state index contributed by atoms with van der Waals surface area (Å²) in [6.07, 6.45) is -0.304. The van der Waals surface area contributed by atoms with E-state index in [1.807, 2.05) is 38.1 Å². The molecule has 82 valence electrons. The summed E-state index contributed by atoms with van der Waals surface area (Å²) in [4.78, 5) is 4.02. The monoisotopic (exact) mass is 206 g/mol. The summed E-state index contributed by atoms with van der Waals surface area (Å²) in [7, 11) is 0. The van der Waals surface area contributed by atoms with E-state index in [1.165, 1.54) is 0 Å². The summed E-state index contributed by atoms with van der Waals surface area (Å²) in [6.45, 7) is 4.59. The lowest BCUT2D eigenvalue weighted by atomic mass is 10.1. The molecule has 1 rings (SSSR count). The molecule has 0 aliphatic carbocycles. The Bertz CT molecular complexity index is 346. The van der Waals surface area contributed by atoms with E-state index < -0.39 is 0 Å². The van der Waals surface area contributed by atoms with Gasteiger partial charge >= 0.3 is 0 Å². The highest BCUT2D eigenvalue weighted by Gasteiger charge is 2.07. The van der Waals surface area contributed by atoms with Gasteiger partial charge in [0.05, 0.1) is 0 Å². The van der Waals surface area contributed by atoms with Gasteiger partial charge in [-0.05, 0) is 25.0 Å². The predicted octanol–water partition coefficient (Wildman–Crippen LogP) is 0.877. The molecule has 5 N–H and O–H groups in total. The van der Waals surface area contributed by atoms with Gasteiger partial charge in [0.25, 0.3) is 0 Å². The van der Waals surface area contributed by atoms with Crippen LogP contribution < -0.4 is 16.8 Å². The van der Waals surface area contributed by atoms with Crippen LogP contribution in [0.25, 0.3) is 0 Å². The minimum Gasteiger partial charge on any atom is -0.370 e. The fourth-order valence-electron chi connectivity index (χ4n) is 1.39. The molecule has 1 aromatic rings. The lowest BCUT2D eigenvalue weighted by Gasteiger charge is -2.16. The second kappa shape index (κ2) is 5.36. The number of nitrogens with two attached hydrogens (primary N) is 2. The van der Waals surface area contributed by atoms with Crippen molar-refractivity contribution >= 4 is 5.96 Å². The summed E-state index contributed by atoms with van der Waals surface area (Å²) in [5.41, 5.74) is 13.8. The van der Waals surface area contributed by atoms with Crippen LogP contribution in [0.4, 0.5) is 0 Å². The number of guanidine groups is 1. The van der Waals surface area contributed by atoms with Crippen molar-refractivity contribution in [2.75, 3.05) is 6.54 Å². The molecule has 0 heterocycles. The summed E-state index contributed by atoms with van der Waals surface area (Å²) in [5.74, 6) is 0.383. The number of hydrogen-bond acceptors (Lipinski definition) is 2. The zero-order chi connectivity index (χ0) is 11.3. The van der Waals surface area contributed by atoms with Gasteiger partial charge < -0.3 is 16.8 Å². The molecule has 0 saturated heterocycles. The van der Waals surface area contributed by atoms with Gasteiger partial charge in [0.2, 0.25) is 0 Å². The van der Waals surface area contributed by atoms with Crippen LogP contribution in [0.5, 0.6) is 0 Å². The van der Waals surface area contributed by atoms with E-state index in [0.717, 1.165) is 11.1 Å². The van der Waals surface area contributed by atoms with E-state index in [4.69, 9.17) is 11.5 Å². The van der Waals surface area contributed by atoms with Crippen LogP contribution in [-0.4, -0.2) is 12.5 Å². The van der Waals surface area contributed by atoms with E-state index in [0.29, 0.717) is 12.5 Å². The molecular weight excluding hydrogens is 188 g/mol.